The van der Waals surface area contributed by atoms with Crippen molar-refractivity contribution in [1.29, 1.82) is 0 Å². The van der Waals surface area contributed by atoms with Crippen molar-refractivity contribution < 1.29 is 14.6 Å². The lowest BCUT2D eigenvalue weighted by Gasteiger charge is -2.45. The van der Waals surface area contributed by atoms with E-state index in [2.05, 4.69) is 35.2 Å². The van der Waals surface area contributed by atoms with Crippen LogP contribution in [0.2, 0.25) is 0 Å². The third kappa shape index (κ3) is 2.67. The average molecular weight is 363 g/mol. The number of benzene rings is 2. The highest BCUT2D eigenvalue weighted by Gasteiger charge is 2.53. The van der Waals surface area contributed by atoms with Gasteiger partial charge in [-0.15, -0.1) is 0 Å². The molecule has 1 N–H and O–H groups in total. The van der Waals surface area contributed by atoms with Gasteiger partial charge in [-0.05, 0) is 41.7 Å². The van der Waals surface area contributed by atoms with Crippen LogP contribution in [0.4, 0.5) is 0 Å². The topological polar surface area (TPSA) is 41.9 Å². The Kier molecular flexibility index (Phi) is 3.99. The van der Waals surface area contributed by atoms with Crippen molar-refractivity contribution in [2.24, 2.45) is 0 Å². The molecule has 2 aliphatic heterocycles. The monoisotopic (exact) mass is 363 g/mol. The molecule has 0 saturated carbocycles. The van der Waals surface area contributed by atoms with Gasteiger partial charge in [-0.25, -0.2) is 0 Å². The molecule has 0 spiro atoms. The first kappa shape index (κ1) is 16.8. The van der Waals surface area contributed by atoms with Crippen molar-refractivity contribution in [3.63, 3.8) is 0 Å². The minimum atomic E-state index is -0.333. The van der Waals surface area contributed by atoms with E-state index in [-0.39, 0.29) is 11.5 Å². The molecule has 140 valence electrons. The second kappa shape index (κ2) is 6.39. The largest absolute Gasteiger partial charge is 0.493 e. The summed E-state index contributed by atoms with van der Waals surface area (Å²) in [5, 5.41) is 10.1. The lowest BCUT2D eigenvalue weighted by atomic mass is 9.66. The Hall–Kier alpha value is -2.30. The highest BCUT2D eigenvalue weighted by atomic mass is 16.5. The molecule has 1 fully saturated rings. The number of nitrogens with zero attached hydrogens (tertiary/aromatic N) is 1. The minimum Gasteiger partial charge on any atom is -0.493 e. The van der Waals surface area contributed by atoms with Gasteiger partial charge in [0.1, 0.15) is 6.61 Å². The molecule has 27 heavy (non-hydrogen) atoms. The quantitative estimate of drug-likeness (QED) is 0.845. The molecule has 4 atom stereocenters. The number of aliphatic hydroxyl groups excluding tert-OH is 1. The Labute approximate surface area is 160 Å². The average Bonchev–Trinajstić information content (AvgIpc) is 2.97. The lowest BCUT2D eigenvalue weighted by Crippen LogP contribution is -2.49. The van der Waals surface area contributed by atoms with Crippen molar-refractivity contribution in [2.75, 3.05) is 13.7 Å². The predicted molar refractivity (Wildman–Crippen MR) is 104 cm³/mol. The van der Waals surface area contributed by atoms with E-state index < -0.39 is 0 Å². The molecule has 0 radical (unpaired) electrons. The van der Waals surface area contributed by atoms with Crippen LogP contribution in [-0.2, 0) is 18.6 Å². The first-order chi connectivity index (χ1) is 13.2. The molecule has 5 rings (SSSR count). The fourth-order valence-electron chi connectivity index (χ4n) is 5.11. The normalized spacial score (nSPS) is 30.5. The molecular weight excluding hydrogens is 338 g/mol. The molecule has 4 nitrogen and oxygen atoms in total. The molecule has 2 bridgehead atoms. The summed E-state index contributed by atoms with van der Waals surface area (Å²) in [6, 6.07) is 14.9. The van der Waals surface area contributed by atoms with Crippen LogP contribution >= 0.6 is 0 Å². The number of fused-ring (bicyclic) bond motifs is 1. The molecule has 3 aliphatic rings. The van der Waals surface area contributed by atoms with Crippen LogP contribution in [0.25, 0.3) is 0 Å². The van der Waals surface area contributed by atoms with Gasteiger partial charge in [0.05, 0.1) is 13.2 Å². The third-order valence-electron chi connectivity index (χ3n) is 6.43. The van der Waals surface area contributed by atoms with Gasteiger partial charge in [0, 0.05) is 24.5 Å². The number of aliphatic hydroxyl groups is 1. The Bertz CT molecular complexity index is 879. The third-order valence-corrected chi connectivity index (χ3v) is 6.43. The van der Waals surface area contributed by atoms with E-state index in [4.69, 9.17) is 9.47 Å². The zero-order valence-electron chi connectivity index (χ0n) is 15.6. The lowest BCUT2D eigenvalue weighted by molar-refractivity contribution is 0.110. The summed E-state index contributed by atoms with van der Waals surface area (Å²) in [5.74, 6) is 1.59. The maximum absolute atomic E-state index is 10.1. The van der Waals surface area contributed by atoms with Gasteiger partial charge in [-0.1, -0.05) is 42.5 Å². The van der Waals surface area contributed by atoms with Crippen LogP contribution in [0, 0.1) is 0 Å². The fourth-order valence-corrected chi connectivity index (χ4v) is 5.11. The maximum atomic E-state index is 10.1. The van der Waals surface area contributed by atoms with E-state index in [1.54, 1.807) is 7.11 Å². The number of hydrogen-bond donors (Lipinski definition) is 1. The van der Waals surface area contributed by atoms with Gasteiger partial charge < -0.3 is 14.6 Å². The van der Waals surface area contributed by atoms with Gasteiger partial charge in [-0.3, -0.25) is 4.90 Å². The Morgan fingerprint density at radius 2 is 2.04 bits per heavy atom. The Morgan fingerprint density at radius 3 is 2.85 bits per heavy atom. The standard InChI is InChI=1S/C23H25NO3/c1-26-20-13-19-17(11-21(20)27-15-16-5-3-2-4-6-16)14-24-10-9-23(19)8-7-18(25)12-22(23)24/h2-8,11,13,18,22,25H,9-10,12,14-15H2,1H3/t18-,22-,23-/m0/s1. The summed E-state index contributed by atoms with van der Waals surface area (Å²) in [7, 11) is 1.70. The van der Waals surface area contributed by atoms with Crippen molar-refractivity contribution in [3.8, 4) is 11.5 Å². The number of rotatable bonds is 4. The van der Waals surface area contributed by atoms with Crippen molar-refractivity contribution in [3.05, 3.63) is 71.3 Å². The molecule has 2 aromatic carbocycles. The van der Waals surface area contributed by atoms with Gasteiger partial charge in [0.25, 0.3) is 0 Å². The first-order valence-electron chi connectivity index (χ1n) is 9.69. The van der Waals surface area contributed by atoms with Crippen molar-refractivity contribution >= 4 is 0 Å². The number of methoxy groups -OCH3 is 1. The van der Waals surface area contributed by atoms with Crippen LogP contribution in [0.1, 0.15) is 29.5 Å². The van der Waals surface area contributed by atoms with E-state index in [1.807, 2.05) is 24.3 Å². The second-order valence-corrected chi connectivity index (χ2v) is 7.87. The first-order valence-corrected chi connectivity index (χ1v) is 9.69. The van der Waals surface area contributed by atoms with Gasteiger partial charge in [0.2, 0.25) is 0 Å². The Balaban J connectivity index is 1.51. The molecule has 0 aromatic heterocycles. The van der Waals surface area contributed by atoms with Gasteiger partial charge in [-0.2, -0.15) is 0 Å². The molecule has 2 heterocycles. The van der Waals surface area contributed by atoms with Crippen LogP contribution < -0.4 is 9.47 Å². The zero-order chi connectivity index (χ0) is 18.4. The van der Waals surface area contributed by atoms with E-state index in [0.717, 1.165) is 43.0 Å². The molecule has 0 amide bonds. The maximum Gasteiger partial charge on any atom is 0.162 e. The summed E-state index contributed by atoms with van der Waals surface area (Å²) in [5.41, 5.74) is 3.80. The summed E-state index contributed by atoms with van der Waals surface area (Å²) in [6.07, 6.45) is 5.79. The smallest absolute Gasteiger partial charge is 0.162 e. The van der Waals surface area contributed by atoms with Crippen LogP contribution in [0.3, 0.4) is 0 Å². The predicted octanol–water partition coefficient (Wildman–Crippen LogP) is 3.42. The highest BCUT2D eigenvalue weighted by Crippen LogP contribution is 2.52. The molecule has 2 aromatic rings. The second-order valence-electron chi connectivity index (χ2n) is 7.87. The van der Waals surface area contributed by atoms with Crippen LogP contribution in [-0.4, -0.2) is 35.8 Å². The van der Waals surface area contributed by atoms with E-state index >= 15 is 0 Å². The highest BCUT2D eigenvalue weighted by molar-refractivity contribution is 5.55. The molecule has 1 aliphatic carbocycles. The van der Waals surface area contributed by atoms with E-state index in [0.29, 0.717) is 12.6 Å². The van der Waals surface area contributed by atoms with Crippen LogP contribution in [0.5, 0.6) is 11.5 Å². The Morgan fingerprint density at radius 1 is 1.19 bits per heavy atom. The fraction of sp³-hybridized carbons (Fsp3) is 0.391. The summed E-state index contributed by atoms with van der Waals surface area (Å²) < 4.78 is 11.8. The summed E-state index contributed by atoms with van der Waals surface area (Å²) in [6.45, 7) is 2.51. The number of ether oxygens (including phenoxy) is 2. The molecular formula is C23H25NO3. The van der Waals surface area contributed by atoms with Crippen molar-refractivity contribution in [1.82, 2.24) is 4.90 Å². The summed E-state index contributed by atoms with van der Waals surface area (Å²) in [4.78, 5) is 2.52. The zero-order valence-corrected chi connectivity index (χ0v) is 15.6. The van der Waals surface area contributed by atoms with E-state index in [1.165, 1.54) is 11.1 Å². The van der Waals surface area contributed by atoms with E-state index in [9.17, 15) is 5.11 Å². The minimum absolute atomic E-state index is 0.00193. The molecule has 1 saturated heterocycles. The summed E-state index contributed by atoms with van der Waals surface area (Å²) >= 11 is 0. The SMILES string of the molecule is COc1cc2c(cc1OCc1ccccc1)CN1CC[C@@]23C=C[C@H](O)C[C@H]13. The molecule has 4 heteroatoms. The number of hydrogen-bond acceptors (Lipinski definition) is 4. The van der Waals surface area contributed by atoms with Gasteiger partial charge >= 0.3 is 0 Å². The van der Waals surface area contributed by atoms with Crippen LogP contribution in [0.15, 0.2) is 54.6 Å². The molecule has 1 unspecified atom stereocenters. The van der Waals surface area contributed by atoms with Crippen molar-refractivity contribution in [2.45, 2.75) is 43.6 Å². The van der Waals surface area contributed by atoms with Gasteiger partial charge in [0.15, 0.2) is 11.5 Å².